The number of nitrogens with zero attached hydrogens (tertiary/aromatic N) is 2. The Labute approximate surface area is 103 Å². The van der Waals surface area contributed by atoms with Crippen LogP contribution in [0.15, 0.2) is 36.7 Å². The van der Waals surface area contributed by atoms with Gasteiger partial charge in [-0.25, -0.2) is 4.98 Å². The second-order valence-electron chi connectivity index (χ2n) is 5.36. The van der Waals surface area contributed by atoms with Gasteiger partial charge in [-0.1, -0.05) is 45.0 Å². The molecule has 0 saturated heterocycles. The van der Waals surface area contributed by atoms with E-state index in [9.17, 15) is 0 Å². The van der Waals surface area contributed by atoms with E-state index in [0.717, 1.165) is 12.4 Å². The zero-order chi connectivity index (χ0) is 12.5. The average molecular weight is 228 g/mol. The summed E-state index contributed by atoms with van der Waals surface area (Å²) in [5.74, 6) is 1.05. The molecular formula is C15H20N2. The van der Waals surface area contributed by atoms with Crippen LogP contribution in [0.25, 0.3) is 11.4 Å². The minimum absolute atomic E-state index is 0.207. The van der Waals surface area contributed by atoms with Gasteiger partial charge >= 0.3 is 0 Å². The van der Waals surface area contributed by atoms with Gasteiger partial charge in [-0.15, -0.1) is 0 Å². The van der Waals surface area contributed by atoms with Crippen LogP contribution in [0.3, 0.4) is 0 Å². The average Bonchev–Trinajstić information content (AvgIpc) is 2.76. The molecule has 0 bridgehead atoms. The monoisotopic (exact) mass is 228 g/mol. The predicted octanol–water partition coefficient (Wildman–Crippen LogP) is 3.87. The molecule has 0 N–H and O–H groups in total. The van der Waals surface area contributed by atoms with Gasteiger partial charge in [0.25, 0.3) is 0 Å². The molecule has 2 rings (SSSR count). The van der Waals surface area contributed by atoms with E-state index >= 15 is 0 Å². The second-order valence-corrected chi connectivity index (χ2v) is 5.36. The molecule has 0 aliphatic carbocycles. The quantitative estimate of drug-likeness (QED) is 0.763. The first kappa shape index (κ1) is 11.9. The minimum atomic E-state index is 0.207. The van der Waals surface area contributed by atoms with Gasteiger partial charge < -0.3 is 4.57 Å². The standard InChI is InChI=1S/C15H20N2/c1-5-17-11-10-16-14(17)12-6-8-13(9-7-12)15(2,3)4/h6-11H,5H2,1-4H3. The van der Waals surface area contributed by atoms with Crippen molar-refractivity contribution in [3.63, 3.8) is 0 Å². The molecule has 0 saturated carbocycles. The smallest absolute Gasteiger partial charge is 0.139 e. The largest absolute Gasteiger partial charge is 0.331 e. The van der Waals surface area contributed by atoms with Crippen LogP contribution >= 0.6 is 0 Å². The van der Waals surface area contributed by atoms with Crippen molar-refractivity contribution in [3.8, 4) is 11.4 Å². The van der Waals surface area contributed by atoms with Gasteiger partial charge in [-0.2, -0.15) is 0 Å². The zero-order valence-corrected chi connectivity index (χ0v) is 11.1. The number of rotatable bonds is 2. The molecular weight excluding hydrogens is 208 g/mol. The number of imidazole rings is 1. The molecule has 90 valence electrons. The highest BCUT2D eigenvalue weighted by atomic mass is 15.1. The van der Waals surface area contributed by atoms with Crippen molar-refractivity contribution in [2.45, 2.75) is 39.7 Å². The molecule has 0 amide bonds. The molecule has 0 radical (unpaired) electrons. The van der Waals surface area contributed by atoms with Crippen LogP contribution in [0.4, 0.5) is 0 Å². The van der Waals surface area contributed by atoms with Crippen LogP contribution in [-0.2, 0) is 12.0 Å². The second kappa shape index (κ2) is 4.36. The van der Waals surface area contributed by atoms with Gasteiger partial charge in [0, 0.05) is 24.5 Å². The van der Waals surface area contributed by atoms with E-state index in [2.05, 4.69) is 61.5 Å². The summed E-state index contributed by atoms with van der Waals surface area (Å²) >= 11 is 0. The SMILES string of the molecule is CCn1ccnc1-c1ccc(C(C)(C)C)cc1. The molecule has 0 aliphatic rings. The van der Waals surface area contributed by atoms with E-state index in [4.69, 9.17) is 0 Å². The zero-order valence-electron chi connectivity index (χ0n) is 11.1. The Morgan fingerprint density at radius 1 is 1.12 bits per heavy atom. The Bertz CT molecular complexity index is 486. The van der Waals surface area contributed by atoms with E-state index in [1.807, 2.05) is 12.4 Å². The van der Waals surface area contributed by atoms with Crippen molar-refractivity contribution in [2.24, 2.45) is 0 Å². The Kier molecular flexibility index (Phi) is 3.05. The van der Waals surface area contributed by atoms with Crippen molar-refractivity contribution in [1.82, 2.24) is 9.55 Å². The van der Waals surface area contributed by atoms with Gasteiger partial charge in [0.2, 0.25) is 0 Å². The molecule has 2 nitrogen and oxygen atoms in total. The number of aryl methyl sites for hydroxylation is 1. The number of hydrogen-bond donors (Lipinski definition) is 0. The van der Waals surface area contributed by atoms with Crippen LogP contribution in [0, 0.1) is 0 Å². The summed E-state index contributed by atoms with van der Waals surface area (Å²) in [6.45, 7) is 9.78. The lowest BCUT2D eigenvalue weighted by Crippen LogP contribution is -2.10. The third-order valence-corrected chi connectivity index (χ3v) is 3.07. The highest BCUT2D eigenvalue weighted by Gasteiger charge is 2.13. The van der Waals surface area contributed by atoms with Gasteiger partial charge in [-0.05, 0) is 17.9 Å². The van der Waals surface area contributed by atoms with E-state index in [-0.39, 0.29) is 5.41 Å². The maximum Gasteiger partial charge on any atom is 0.139 e. The Balaban J connectivity index is 2.36. The first-order valence-corrected chi connectivity index (χ1v) is 6.14. The number of benzene rings is 1. The van der Waals surface area contributed by atoms with Crippen LogP contribution in [0.2, 0.25) is 0 Å². The third kappa shape index (κ3) is 2.41. The number of hydrogen-bond acceptors (Lipinski definition) is 1. The van der Waals surface area contributed by atoms with Crippen molar-refractivity contribution in [3.05, 3.63) is 42.2 Å². The van der Waals surface area contributed by atoms with Crippen LogP contribution < -0.4 is 0 Å². The van der Waals surface area contributed by atoms with E-state index in [1.165, 1.54) is 11.1 Å². The predicted molar refractivity (Wildman–Crippen MR) is 72.0 cm³/mol. The third-order valence-electron chi connectivity index (χ3n) is 3.07. The lowest BCUT2D eigenvalue weighted by Gasteiger charge is -2.19. The topological polar surface area (TPSA) is 17.8 Å². The Morgan fingerprint density at radius 3 is 2.29 bits per heavy atom. The molecule has 1 aromatic carbocycles. The summed E-state index contributed by atoms with van der Waals surface area (Å²) in [4.78, 5) is 4.41. The number of aromatic nitrogens is 2. The highest BCUT2D eigenvalue weighted by Crippen LogP contribution is 2.25. The van der Waals surface area contributed by atoms with E-state index in [1.54, 1.807) is 0 Å². The van der Waals surface area contributed by atoms with E-state index < -0.39 is 0 Å². The van der Waals surface area contributed by atoms with Gasteiger partial charge in [0.1, 0.15) is 5.82 Å². The lowest BCUT2D eigenvalue weighted by atomic mass is 9.87. The molecule has 0 aliphatic heterocycles. The molecule has 0 atom stereocenters. The van der Waals surface area contributed by atoms with Crippen molar-refractivity contribution < 1.29 is 0 Å². The van der Waals surface area contributed by atoms with Gasteiger partial charge in [0.05, 0.1) is 0 Å². The minimum Gasteiger partial charge on any atom is -0.331 e. The molecule has 0 spiro atoms. The maximum absolute atomic E-state index is 4.41. The van der Waals surface area contributed by atoms with E-state index in [0.29, 0.717) is 0 Å². The van der Waals surface area contributed by atoms with Crippen LogP contribution in [-0.4, -0.2) is 9.55 Å². The van der Waals surface area contributed by atoms with Gasteiger partial charge in [-0.3, -0.25) is 0 Å². The fraction of sp³-hybridized carbons (Fsp3) is 0.400. The molecule has 0 unspecified atom stereocenters. The van der Waals surface area contributed by atoms with Crippen LogP contribution in [0.5, 0.6) is 0 Å². The van der Waals surface area contributed by atoms with Gasteiger partial charge in [0.15, 0.2) is 0 Å². The summed E-state index contributed by atoms with van der Waals surface area (Å²) in [6.07, 6.45) is 3.88. The first-order chi connectivity index (χ1) is 8.02. The summed E-state index contributed by atoms with van der Waals surface area (Å²) in [5.41, 5.74) is 2.75. The maximum atomic E-state index is 4.41. The first-order valence-electron chi connectivity index (χ1n) is 6.14. The fourth-order valence-electron chi connectivity index (χ4n) is 1.94. The molecule has 1 heterocycles. The summed E-state index contributed by atoms with van der Waals surface area (Å²) in [6, 6.07) is 8.72. The summed E-state index contributed by atoms with van der Waals surface area (Å²) in [5, 5.41) is 0. The lowest BCUT2D eigenvalue weighted by molar-refractivity contribution is 0.590. The molecule has 2 heteroatoms. The van der Waals surface area contributed by atoms with Crippen molar-refractivity contribution in [2.75, 3.05) is 0 Å². The fourth-order valence-corrected chi connectivity index (χ4v) is 1.94. The Morgan fingerprint density at radius 2 is 1.76 bits per heavy atom. The van der Waals surface area contributed by atoms with Crippen molar-refractivity contribution in [1.29, 1.82) is 0 Å². The molecule has 1 aromatic heterocycles. The summed E-state index contributed by atoms with van der Waals surface area (Å²) < 4.78 is 2.16. The molecule has 0 fully saturated rings. The Hall–Kier alpha value is -1.57. The summed E-state index contributed by atoms with van der Waals surface area (Å²) in [7, 11) is 0. The highest BCUT2D eigenvalue weighted by molar-refractivity contribution is 5.56. The van der Waals surface area contributed by atoms with Crippen LogP contribution in [0.1, 0.15) is 33.3 Å². The molecule has 17 heavy (non-hydrogen) atoms. The van der Waals surface area contributed by atoms with Crippen molar-refractivity contribution >= 4 is 0 Å². The normalized spacial score (nSPS) is 11.8. The molecule has 2 aromatic rings.